The first-order valence-corrected chi connectivity index (χ1v) is 7.26. The zero-order valence-corrected chi connectivity index (χ0v) is 11.3. The van der Waals surface area contributed by atoms with Crippen LogP contribution < -0.4 is 5.32 Å². The van der Waals surface area contributed by atoms with Crippen LogP contribution in [0.2, 0.25) is 0 Å². The summed E-state index contributed by atoms with van der Waals surface area (Å²) in [5.41, 5.74) is 0. The second kappa shape index (κ2) is 5.32. The van der Waals surface area contributed by atoms with Gasteiger partial charge in [0.15, 0.2) is 11.3 Å². The summed E-state index contributed by atoms with van der Waals surface area (Å²) >= 11 is 1.98. The van der Waals surface area contributed by atoms with E-state index in [1.807, 2.05) is 0 Å². The largest absolute Gasteiger partial charge is 0.415 e. The molecular formula is C9H13F3N2O3S2. The summed E-state index contributed by atoms with van der Waals surface area (Å²) < 4.78 is 37.1. The number of aliphatic imine (C=N–C) groups is 1. The quantitative estimate of drug-likeness (QED) is 0.534. The van der Waals surface area contributed by atoms with Crippen LogP contribution in [0.1, 0.15) is 0 Å². The Kier molecular flexibility index (Phi) is 4.26. The molecule has 2 aliphatic heterocycles. The van der Waals surface area contributed by atoms with Crippen molar-refractivity contribution in [1.82, 2.24) is 5.32 Å². The van der Waals surface area contributed by atoms with Crippen LogP contribution in [0.4, 0.5) is 13.2 Å². The molecule has 0 saturated carbocycles. The lowest BCUT2D eigenvalue weighted by Crippen LogP contribution is -2.56. The molecule has 4 N–H and O–H groups in total. The third-order valence-corrected chi connectivity index (χ3v) is 6.03. The fourth-order valence-corrected chi connectivity index (χ4v) is 5.03. The second-order valence-electron chi connectivity index (χ2n) is 4.23. The van der Waals surface area contributed by atoms with Gasteiger partial charge in [-0.25, -0.2) is 0 Å². The number of halogens is 3. The molecule has 0 radical (unpaired) electrons. The number of aliphatic hydroxyl groups excluding tert-OH is 3. The highest BCUT2D eigenvalue weighted by atomic mass is 32.2. The van der Waals surface area contributed by atoms with Gasteiger partial charge in [-0.3, -0.25) is 4.99 Å². The maximum atomic E-state index is 12.5. The summed E-state index contributed by atoms with van der Waals surface area (Å²) in [5.74, 6) is 0. The van der Waals surface area contributed by atoms with Crippen LogP contribution in [0.5, 0.6) is 0 Å². The molecule has 2 rings (SSSR count). The highest BCUT2D eigenvalue weighted by molar-refractivity contribution is 8.25. The van der Waals surface area contributed by atoms with Gasteiger partial charge in [-0.15, -0.1) is 11.8 Å². The van der Waals surface area contributed by atoms with E-state index >= 15 is 0 Å². The number of hydrogen-bond donors (Lipinski definition) is 4. The summed E-state index contributed by atoms with van der Waals surface area (Å²) in [7, 11) is 1.61. The van der Waals surface area contributed by atoms with Gasteiger partial charge in [0.2, 0.25) is 0 Å². The number of nitrogens with zero attached hydrogens (tertiary/aromatic N) is 1. The number of alkyl halides is 3. The molecule has 5 nitrogen and oxygen atoms in total. The molecule has 0 aromatic carbocycles. The van der Waals surface area contributed by atoms with Gasteiger partial charge in [0.05, 0.1) is 15.9 Å². The molecule has 0 aromatic rings. The molecule has 2 heterocycles. The molecule has 110 valence electrons. The Morgan fingerprint density at radius 2 is 1.95 bits per heavy atom. The van der Waals surface area contributed by atoms with Crippen LogP contribution in [0, 0.1) is 0 Å². The highest BCUT2D eigenvalue weighted by Crippen LogP contribution is 2.47. The molecule has 1 saturated heterocycles. The Morgan fingerprint density at radius 1 is 1.32 bits per heavy atom. The zero-order valence-electron chi connectivity index (χ0n) is 9.70. The van der Waals surface area contributed by atoms with E-state index in [0.717, 1.165) is 11.8 Å². The van der Waals surface area contributed by atoms with Crippen molar-refractivity contribution in [2.45, 2.75) is 40.4 Å². The van der Waals surface area contributed by atoms with Gasteiger partial charge in [0, 0.05) is 7.05 Å². The van der Waals surface area contributed by atoms with Crippen molar-refractivity contribution >= 4 is 28.7 Å². The minimum absolute atomic E-state index is 0.456. The van der Waals surface area contributed by atoms with Crippen molar-refractivity contribution in [1.29, 1.82) is 0 Å². The van der Waals surface area contributed by atoms with Gasteiger partial charge in [-0.2, -0.15) is 13.2 Å². The Hall–Kier alpha value is -0.160. The van der Waals surface area contributed by atoms with E-state index in [2.05, 4.69) is 10.3 Å². The summed E-state index contributed by atoms with van der Waals surface area (Å²) in [6, 6.07) is -0.677. The van der Waals surface area contributed by atoms with Crippen LogP contribution >= 0.6 is 23.5 Å². The molecule has 6 atom stereocenters. The average Bonchev–Trinajstić information content (AvgIpc) is 2.75. The first kappa shape index (κ1) is 15.2. The molecule has 19 heavy (non-hydrogen) atoms. The van der Waals surface area contributed by atoms with Crippen LogP contribution in [0.3, 0.4) is 0 Å². The van der Waals surface area contributed by atoms with Gasteiger partial charge in [-0.1, -0.05) is 11.8 Å². The average molecular weight is 318 g/mol. The van der Waals surface area contributed by atoms with Crippen molar-refractivity contribution in [3.05, 3.63) is 0 Å². The van der Waals surface area contributed by atoms with E-state index in [-0.39, 0.29) is 0 Å². The fraction of sp³-hybridized carbons (Fsp3) is 0.889. The Morgan fingerprint density at radius 3 is 2.47 bits per heavy atom. The van der Waals surface area contributed by atoms with E-state index in [4.69, 9.17) is 0 Å². The lowest BCUT2D eigenvalue weighted by atomic mass is 10.00. The second-order valence-corrected chi connectivity index (χ2v) is 6.98. The van der Waals surface area contributed by atoms with Crippen LogP contribution in [-0.4, -0.2) is 67.9 Å². The maximum absolute atomic E-state index is 12.5. The highest BCUT2D eigenvalue weighted by Gasteiger charge is 2.55. The van der Waals surface area contributed by atoms with Gasteiger partial charge >= 0.3 is 6.18 Å². The lowest BCUT2D eigenvalue weighted by Gasteiger charge is -2.39. The van der Waals surface area contributed by atoms with Gasteiger partial charge in [0.25, 0.3) is 0 Å². The molecule has 0 unspecified atom stereocenters. The predicted molar refractivity (Wildman–Crippen MR) is 67.1 cm³/mol. The Balaban J connectivity index is 2.16. The smallest absolute Gasteiger partial charge is 0.389 e. The SMILES string of the molecule is CNC1=N[C@H]2[C@@H](S1)S[C@H]([C@@H](O)C(F)(F)F)[C@@H](O)[C@@H]2O. The van der Waals surface area contributed by atoms with Crippen LogP contribution in [0.25, 0.3) is 0 Å². The van der Waals surface area contributed by atoms with E-state index in [1.165, 1.54) is 11.8 Å². The van der Waals surface area contributed by atoms with Gasteiger partial charge < -0.3 is 20.6 Å². The molecule has 1 fully saturated rings. The zero-order chi connectivity index (χ0) is 14.4. The summed E-state index contributed by atoms with van der Waals surface area (Å²) in [6.45, 7) is 0. The number of amidine groups is 1. The predicted octanol–water partition coefficient (Wildman–Crippen LogP) is -0.236. The molecule has 0 bridgehead atoms. The molecule has 0 aromatic heterocycles. The van der Waals surface area contributed by atoms with Crippen molar-refractivity contribution in [2.24, 2.45) is 4.99 Å². The van der Waals surface area contributed by atoms with E-state index in [0.29, 0.717) is 5.17 Å². The first-order valence-electron chi connectivity index (χ1n) is 5.44. The van der Waals surface area contributed by atoms with Crippen molar-refractivity contribution in [3.63, 3.8) is 0 Å². The monoisotopic (exact) mass is 318 g/mol. The standard InChI is InChI=1S/C9H13F3N2O3S2/c1-13-8-14-2-3(15)4(16)5(18-7(2)19-8)6(17)9(10,11)12/h2-7,15-17H,1H3,(H,13,14)/t2-,3-,4+,5+,6-,7-/m1/s1. The van der Waals surface area contributed by atoms with E-state index in [1.54, 1.807) is 7.05 Å². The summed E-state index contributed by atoms with van der Waals surface area (Å²) in [6.07, 6.45) is -10.6. The summed E-state index contributed by atoms with van der Waals surface area (Å²) in [5, 5.41) is 30.6. The van der Waals surface area contributed by atoms with E-state index in [9.17, 15) is 28.5 Å². The van der Waals surface area contributed by atoms with Crippen molar-refractivity contribution < 1.29 is 28.5 Å². The number of aliphatic hydroxyl groups is 3. The van der Waals surface area contributed by atoms with Crippen molar-refractivity contribution in [2.75, 3.05) is 7.05 Å². The third kappa shape index (κ3) is 2.82. The number of thioether (sulfide) groups is 2. The number of rotatable bonds is 1. The number of fused-ring (bicyclic) bond motifs is 1. The molecule has 2 aliphatic rings. The van der Waals surface area contributed by atoms with Crippen LogP contribution in [-0.2, 0) is 0 Å². The van der Waals surface area contributed by atoms with E-state index < -0.39 is 40.4 Å². The normalized spacial score (nSPS) is 40.6. The molecular weight excluding hydrogens is 305 g/mol. The van der Waals surface area contributed by atoms with Gasteiger partial charge in [-0.05, 0) is 0 Å². The number of hydrogen-bond acceptors (Lipinski definition) is 7. The topological polar surface area (TPSA) is 85.1 Å². The van der Waals surface area contributed by atoms with Crippen LogP contribution in [0.15, 0.2) is 4.99 Å². The number of nitrogens with one attached hydrogen (secondary N) is 1. The Bertz CT molecular complexity index is 382. The molecule has 0 amide bonds. The minimum atomic E-state index is -4.83. The molecule has 0 aliphatic carbocycles. The summed E-state index contributed by atoms with van der Waals surface area (Å²) in [4.78, 5) is 4.09. The lowest BCUT2D eigenvalue weighted by molar-refractivity contribution is -0.212. The van der Waals surface area contributed by atoms with Crippen molar-refractivity contribution in [3.8, 4) is 0 Å². The first-order chi connectivity index (χ1) is 8.75. The molecule has 0 spiro atoms. The Labute approximate surface area is 115 Å². The maximum Gasteiger partial charge on any atom is 0.415 e. The van der Waals surface area contributed by atoms with Gasteiger partial charge in [0.1, 0.15) is 12.1 Å². The molecule has 10 heteroatoms. The fourth-order valence-electron chi connectivity index (χ4n) is 1.95. The third-order valence-electron chi connectivity index (χ3n) is 2.96. The minimum Gasteiger partial charge on any atom is -0.389 e.